The lowest BCUT2D eigenvalue weighted by atomic mass is 9.77. The number of rotatable bonds is 2. The van der Waals surface area contributed by atoms with Crippen molar-refractivity contribution in [1.29, 1.82) is 0 Å². The SMILES string of the molecule is CN(C)c1nc2c(c(=O)[nH]1)CCC21CCCN(C(=O)c2cccc(Cl)c2)C1. The van der Waals surface area contributed by atoms with Gasteiger partial charge in [-0.05, 0) is 43.9 Å². The Labute approximate surface area is 163 Å². The van der Waals surface area contributed by atoms with Gasteiger partial charge in [0.05, 0.1) is 5.69 Å². The number of hydrogen-bond donors (Lipinski definition) is 1. The van der Waals surface area contributed by atoms with Gasteiger partial charge in [-0.2, -0.15) is 0 Å². The monoisotopic (exact) mass is 386 g/mol. The lowest BCUT2D eigenvalue weighted by molar-refractivity contribution is 0.0633. The van der Waals surface area contributed by atoms with E-state index in [2.05, 4.69) is 4.98 Å². The Balaban J connectivity index is 1.68. The van der Waals surface area contributed by atoms with Crippen LogP contribution in [-0.2, 0) is 11.8 Å². The first kappa shape index (κ1) is 18.0. The Kier molecular flexibility index (Phi) is 4.46. The van der Waals surface area contributed by atoms with Crippen LogP contribution < -0.4 is 10.5 Å². The molecule has 1 spiro atoms. The van der Waals surface area contributed by atoms with Crippen molar-refractivity contribution in [1.82, 2.24) is 14.9 Å². The third kappa shape index (κ3) is 3.12. The van der Waals surface area contributed by atoms with Gasteiger partial charge in [0.25, 0.3) is 11.5 Å². The predicted octanol–water partition coefficient (Wildman–Crippen LogP) is 2.61. The Morgan fingerprint density at radius 2 is 2.15 bits per heavy atom. The zero-order chi connectivity index (χ0) is 19.2. The van der Waals surface area contributed by atoms with Crippen molar-refractivity contribution in [3.8, 4) is 0 Å². The van der Waals surface area contributed by atoms with Gasteiger partial charge in [-0.15, -0.1) is 0 Å². The highest BCUT2D eigenvalue weighted by molar-refractivity contribution is 6.30. The summed E-state index contributed by atoms with van der Waals surface area (Å²) in [6.45, 7) is 1.31. The molecule has 1 amide bonds. The summed E-state index contributed by atoms with van der Waals surface area (Å²) in [5.41, 5.74) is 1.96. The molecule has 1 fully saturated rings. The molecule has 4 rings (SSSR count). The second kappa shape index (κ2) is 6.68. The van der Waals surface area contributed by atoms with Crippen LogP contribution in [0.1, 0.15) is 40.9 Å². The van der Waals surface area contributed by atoms with Crippen molar-refractivity contribution in [3.63, 3.8) is 0 Å². The largest absolute Gasteiger partial charge is 0.348 e. The van der Waals surface area contributed by atoms with Crippen LogP contribution >= 0.6 is 11.6 Å². The van der Waals surface area contributed by atoms with Crippen LogP contribution in [-0.4, -0.2) is 48.0 Å². The van der Waals surface area contributed by atoms with E-state index in [0.717, 1.165) is 30.5 Å². The molecule has 0 radical (unpaired) electrons. The molecule has 1 unspecified atom stereocenters. The van der Waals surface area contributed by atoms with Crippen LogP contribution in [0, 0.1) is 0 Å². The molecular weight excluding hydrogens is 364 g/mol. The number of carbonyl (C=O) groups is 1. The van der Waals surface area contributed by atoms with Gasteiger partial charge in [0.15, 0.2) is 0 Å². The highest BCUT2D eigenvalue weighted by Crippen LogP contribution is 2.43. The molecule has 1 aromatic carbocycles. The smallest absolute Gasteiger partial charge is 0.255 e. The quantitative estimate of drug-likeness (QED) is 0.861. The number of hydrogen-bond acceptors (Lipinski definition) is 4. The number of likely N-dealkylation sites (tertiary alicyclic amines) is 1. The first-order valence-corrected chi connectivity index (χ1v) is 9.63. The maximum Gasteiger partial charge on any atom is 0.255 e. The zero-order valence-electron chi connectivity index (χ0n) is 15.6. The topological polar surface area (TPSA) is 69.3 Å². The molecule has 1 saturated heterocycles. The Bertz CT molecular complexity index is 955. The maximum absolute atomic E-state index is 13.0. The van der Waals surface area contributed by atoms with Gasteiger partial charge in [-0.3, -0.25) is 14.6 Å². The third-order valence-corrected chi connectivity index (χ3v) is 5.95. The van der Waals surface area contributed by atoms with Crippen LogP contribution in [0.3, 0.4) is 0 Å². The average Bonchev–Trinajstić information content (AvgIpc) is 2.99. The molecular formula is C20H23ClN4O2. The van der Waals surface area contributed by atoms with Crippen molar-refractivity contribution in [2.45, 2.75) is 31.1 Å². The van der Waals surface area contributed by atoms with E-state index in [9.17, 15) is 9.59 Å². The number of aromatic amines is 1. The number of halogens is 1. The van der Waals surface area contributed by atoms with Crippen LogP contribution in [0.2, 0.25) is 5.02 Å². The molecule has 1 aromatic heterocycles. The van der Waals surface area contributed by atoms with E-state index in [4.69, 9.17) is 16.6 Å². The number of piperidine rings is 1. The fourth-order valence-corrected chi connectivity index (χ4v) is 4.55. The Morgan fingerprint density at radius 1 is 1.33 bits per heavy atom. The summed E-state index contributed by atoms with van der Waals surface area (Å²) in [6, 6.07) is 7.07. The number of benzene rings is 1. The van der Waals surface area contributed by atoms with E-state index < -0.39 is 0 Å². The Morgan fingerprint density at radius 3 is 2.89 bits per heavy atom. The molecule has 142 valence electrons. The van der Waals surface area contributed by atoms with Crippen LogP contribution in [0.5, 0.6) is 0 Å². The highest BCUT2D eigenvalue weighted by Gasteiger charge is 2.45. The zero-order valence-corrected chi connectivity index (χ0v) is 16.3. The molecule has 1 N–H and O–H groups in total. The van der Waals surface area contributed by atoms with Crippen molar-refractivity contribution < 1.29 is 4.79 Å². The van der Waals surface area contributed by atoms with Crippen molar-refractivity contribution in [2.24, 2.45) is 0 Å². The van der Waals surface area contributed by atoms with Crippen molar-refractivity contribution in [3.05, 3.63) is 56.5 Å². The minimum atomic E-state index is -0.235. The van der Waals surface area contributed by atoms with E-state index in [1.54, 1.807) is 24.3 Å². The summed E-state index contributed by atoms with van der Waals surface area (Å²) in [7, 11) is 3.73. The van der Waals surface area contributed by atoms with Gasteiger partial charge in [-0.1, -0.05) is 17.7 Å². The molecule has 27 heavy (non-hydrogen) atoms. The molecule has 1 aliphatic heterocycles. The summed E-state index contributed by atoms with van der Waals surface area (Å²) >= 11 is 6.06. The number of nitrogens with one attached hydrogen (secondary N) is 1. The number of nitrogens with zero attached hydrogens (tertiary/aromatic N) is 3. The van der Waals surface area contributed by atoms with E-state index in [1.165, 1.54) is 0 Å². The first-order valence-electron chi connectivity index (χ1n) is 9.25. The number of fused-ring (bicyclic) bond motifs is 2. The molecule has 7 heteroatoms. The van der Waals surface area contributed by atoms with Crippen molar-refractivity contribution in [2.75, 3.05) is 32.1 Å². The standard InChI is InChI=1S/C20H23ClN4O2/c1-24(2)19-22-16-15(17(26)23-19)7-9-20(16)8-4-10-25(12-20)18(27)13-5-3-6-14(21)11-13/h3,5-6,11H,4,7-10,12H2,1-2H3,(H,22,23,26). The fraction of sp³-hybridized carbons (Fsp3) is 0.450. The molecule has 0 bridgehead atoms. The second-order valence-corrected chi connectivity index (χ2v) is 8.17. The van der Waals surface area contributed by atoms with Crippen LogP contribution in [0.25, 0.3) is 0 Å². The lowest BCUT2D eigenvalue weighted by Gasteiger charge is -2.40. The summed E-state index contributed by atoms with van der Waals surface area (Å²) < 4.78 is 0. The van der Waals surface area contributed by atoms with E-state index >= 15 is 0 Å². The predicted molar refractivity (Wildman–Crippen MR) is 106 cm³/mol. The van der Waals surface area contributed by atoms with E-state index in [1.807, 2.05) is 23.9 Å². The van der Waals surface area contributed by atoms with Gasteiger partial charge in [-0.25, -0.2) is 4.98 Å². The Hall–Kier alpha value is -2.34. The summed E-state index contributed by atoms with van der Waals surface area (Å²) in [6.07, 6.45) is 3.42. The highest BCUT2D eigenvalue weighted by atomic mass is 35.5. The molecule has 2 heterocycles. The molecule has 2 aliphatic rings. The number of anilines is 1. The second-order valence-electron chi connectivity index (χ2n) is 7.73. The summed E-state index contributed by atoms with van der Waals surface area (Å²) in [4.78, 5) is 36.9. The van der Waals surface area contributed by atoms with Gasteiger partial charge in [0, 0.05) is 48.7 Å². The number of carbonyl (C=O) groups excluding carboxylic acids is 1. The number of aromatic nitrogens is 2. The maximum atomic E-state index is 13.0. The lowest BCUT2D eigenvalue weighted by Crippen LogP contribution is -2.48. The molecule has 6 nitrogen and oxygen atoms in total. The normalized spacial score (nSPS) is 21.4. The third-order valence-electron chi connectivity index (χ3n) is 5.72. The van der Waals surface area contributed by atoms with Crippen LogP contribution in [0.4, 0.5) is 5.95 Å². The molecule has 2 aromatic rings. The van der Waals surface area contributed by atoms with E-state index in [0.29, 0.717) is 36.0 Å². The summed E-state index contributed by atoms with van der Waals surface area (Å²) in [5, 5.41) is 0.558. The first-order chi connectivity index (χ1) is 12.9. The average molecular weight is 387 g/mol. The molecule has 0 saturated carbocycles. The van der Waals surface area contributed by atoms with Gasteiger partial charge in [0.1, 0.15) is 0 Å². The number of H-pyrrole nitrogens is 1. The van der Waals surface area contributed by atoms with Crippen molar-refractivity contribution >= 4 is 23.5 Å². The fourth-order valence-electron chi connectivity index (χ4n) is 4.36. The molecule has 1 aliphatic carbocycles. The summed E-state index contributed by atoms with van der Waals surface area (Å²) in [5.74, 6) is 0.556. The van der Waals surface area contributed by atoms with Gasteiger partial charge < -0.3 is 9.80 Å². The minimum Gasteiger partial charge on any atom is -0.348 e. The van der Waals surface area contributed by atoms with E-state index in [-0.39, 0.29) is 16.9 Å². The van der Waals surface area contributed by atoms with Gasteiger partial charge in [0.2, 0.25) is 5.95 Å². The number of amides is 1. The van der Waals surface area contributed by atoms with Crippen LogP contribution in [0.15, 0.2) is 29.1 Å². The minimum absolute atomic E-state index is 0.0114. The van der Waals surface area contributed by atoms with Gasteiger partial charge >= 0.3 is 0 Å². The molecule has 1 atom stereocenters.